The fourth-order valence-corrected chi connectivity index (χ4v) is 4.47. The van der Waals surface area contributed by atoms with Gasteiger partial charge in [-0.15, -0.1) is 0 Å². The summed E-state index contributed by atoms with van der Waals surface area (Å²) in [4.78, 5) is 11.5. The van der Waals surface area contributed by atoms with Crippen molar-refractivity contribution >= 4 is 5.97 Å². The maximum absolute atomic E-state index is 11.5. The lowest BCUT2D eigenvalue weighted by molar-refractivity contribution is -0.145. The van der Waals surface area contributed by atoms with E-state index in [1.165, 1.54) is 50.5 Å². The van der Waals surface area contributed by atoms with Crippen molar-refractivity contribution in [2.45, 2.75) is 70.8 Å². The molecule has 1 N–H and O–H groups in total. The first-order valence-electron chi connectivity index (χ1n) is 10.4. The van der Waals surface area contributed by atoms with Crippen LogP contribution in [0, 0.1) is 5.41 Å². The summed E-state index contributed by atoms with van der Waals surface area (Å²) in [5.41, 5.74) is 2.57. The van der Waals surface area contributed by atoms with Gasteiger partial charge in [0.15, 0.2) is 0 Å². The summed E-state index contributed by atoms with van der Waals surface area (Å²) in [6, 6.07) is 7.36. The fraction of sp³-hybridized carbons (Fsp3) is 0.609. The third-order valence-electron chi connectivity index (χ3n) is 5.89. The van der Waals surface area contributed by atoms with E-state index >= 15 is 0 Å². The molecule has 2 aliphatic rings. The number of allylic oxidation sites excluding steroid dienone is 1. The predicted molar refractivity (Wildman–Crippen MR) is 106 cm³/mol. The standard InChI is InChI=1S/C23H32O4/c1-2-26-22(25)15-21(24)19-8-10-20(11-9-19)27-17-18-7-6-14-23(16-18)12-4-3-5-13-23/h8-11,16,21,24H,2-7,12-15,17H2,1H3. The molecule has 1 unspecified atom stereocenters. The summed E-state index contributed by atoms with van der Waals surface area (Å²) in [6.45, 7) is 2.73. The van der Waals surface area contributed by atoms with E-state index in [9.17, 15) is 9.90 Å². The van der Waals surface area contributed by atoms with Crippen molar-refractivity contribution < 1.29 is 19.4 Å². The van der Waals surface area contributed by atoms with Crippen LogP contribution < -0.4 is 4.74 Å². The highest BCUT2D eigenvalue weighted by Crippen LogP contribution is 2.45. The van der Waals surface area contributed by atoms with E-state index in [1.54, 1.807) is 6.92 Å². The third-order valence-corrected chi connectivity index (χ3v) is 5.89. The molecule has 1 aromatic carbocycles. The first-order chi connectivity index (χ1) is 13.1. The quantitative estimate of drug-likeness (QED) is 0.533. The van der Waals surface area contributed by atoms with Gasteiger partial charge in [-0.2, -0.15) is 0 Å². The first kappa shape index (κ1) is 19.9. The van der Waals surface area contributed by atoms with Gasteiger partial charge in [-0.05, 0) is 67.7 Å². The highest BCUT2D eigenvalue weighted by Gasteiger charge is 2.32. The van der Waals surface area contributed by atoms with Crippen LogP contribution >= 0.6 is 0 Å². The number of carbonyl (C=O) groups is 1. The topological polar surface area (TPSA) is 55.8 Å². The molecule has 0 aromatic heterocycles. The lowest BCUT2D eigenvalue weighted by atomic mass is 9.67. The number of aliphatic hydroxyl groups is 1. The molecule has 0 radical (unpaired) electrons. The summed E-state index contributed by atoms with van der Waals surface area (Å²) >= 11 is 0. The van der Waals surface area contributed by atoms with Gasteiger partial charge in [-0.1, -0.05) is 37.5 Å². The summed E-state index contributed by atoms with van der Waals surface area (Å²) < 4.78 is 10.9. The van der Waals surface area contributed by atoms with E-state index in [-0.39, 0.29) is 12.4 Å². The molecule has 0 bridgehead atoms. The Morgan fingerprint density at radius 3 is 2.52 bits per heavy atom. The van der Waals surface area contributed by atoms with Crippen LogP contribution in [0.15, 0.2) is 35.9 Å². The maximum Gasteiger partial charge on any atom is 0.308 e. The minimum absolute atomic E-state index is 0.0248. The van der Waals surface area contributed by atoms with Crippen LogP contribution in [-0.2, 0) is 9.53 Å². The maximum atomic E-state index is 11.5. The molecular weight excluding hydrogens is 340 g/mol. The Morgan fingerprint density at radius 1 is 1.11 bits per heavy atom. The van der Waals surface area contributed by atoms with Gasteiger partial charge in [0.1, 0.15) is 12.4 Å². The second-order valence-electron chi connectivity index (χ2n) is 7.96. The Morgan fingerprint density at radius 2 is 1.81 bits per heavy atom. The largest absolute Gasteiger partial charge is 0.489 e. The van der Waals surface area contributed by atoms with Crippen molar-refractivity contribution in [3.8, 4) is 5.75 Å². The van der Waals surface area contributed by atoms with Gasteiger partial charge in [0.2, 0.25) is 0 Å². The number of hydrogen-bond acceptors (Lipinski definition) is 4. The number of hydrogen-bond donors (Lipinski definition) is 1. The SMILES string of the molecule is CCOC(=O)CC(O)c1ccc(OCC2=CC3(CCCCC3)CCC2)cc1. The highest BCUT2D eigenvalue weighted by atomic mass is 16.5. The number of rotatable bonds is 7. The van der Waals surface area contributed by atoms with Gasteiger partial charge in [-0.25, -0.2) is 0 Å². The number of ether oxygens (including phenoxy) is 2. The number of esters is 1. The molecule has 1 fully saturated rings. The third kappa shape index (κ3) is 5.58. The van der Waals surface area contributed by atoms with Crippen LogP contribution in [0.5, 0.6) is 5.75 Å². The van der Waals surface area contributed by atoms with Gasteiger partial charge in [-0.3, -0.25) is 4.79 Å². The van der Waals surface area contributed by atoms with Crippen molar-refractivity contribution in [1.29, 1.82) is 0 Å². The molecule has 0 amide bonds. The lowest BCUT2D eigenvalue weighted by Crippen LogP contribution is -2.25. The van der Waals surface area contributed by atoms with E-state index in [1.807, 2.05) is 24.3 Å². The van der Waals surface area contributed by atoms with Gasteiger partial charge in [0.05, 0.1) is 19.1 Å². The molecule has 1 atom stereocenters. The Balaban J connectivity index is 1.53. The second-order valence-corrected chi connectivity index (χ2v) is 7.96. The predicted octanol–water partition coefficient (Wildman–Crippen LogP) is 5.11. The Labute approximate surface area is 162 Å². The molecular formula is C23H32O4. The Bertz CT molecular complexity index is 641. The Kier molecular flexibility index (Phi) is 6.95. The molecule has 3 rings (SSSR count). The van der Waals surface area contributed by atoms with E-state index in [4.69, 9.17) is 9.47 Å². The Hall–Kier alpha value is -1.81. The first-order valence-corrected chi connectivity index (χ1v) is 10.4. The molecule has 4 heteroatoms. The molecule has 0 heterocycles. The van der Waals surface area contributed by atoms with Crippen LogP contribution in [0.3, 0.4) is 0 Å². The summed E-state index contributed by atoms with van der Waals surface area (Å²) in [5, 5.41) is 10.1. The summed E-state index contributed by atoms with van der Waals surface area (Å²) in [5.74, 6) is 0.414. The van der Waals surface area contributed by atoms with Crippen molar-refractivity contribution in [2.75, 3.05) is 13.2 Å². The number of benzene rings is 1. The van der Waals surface area contributed by atoms with E-state index < -0.39 is 6.10 Å². The number of carbonyl (C=O) groups excluding carboxylic acids is 1. The summed E-state index contributed by atoms with van der Waals surface area (Å²) in [6.07, 6.45) is 12.2. The highest BCUT2D eigenvalue weighted by molar-refractivity contribution is 5.70. The minimum Gasteiger partial charge on any atom is -0.489 e. The van der Waals surface area contributed by atoms with Crippen molar-refractivity contribution in [1.82, 2.24) is 0 Å². The smallest absolute Gasteiger partial charge is 0.308 e. The van der Waals surface area contributed by atoms with E-state index in [0.717, 1.165) is 12.2 Å². The second kappa shape index (κ2) is 9.41. The molecule has 1 spiro atoms. The molecule has 1 saturated carbocycles. The van der Waals surface area contributed by atoms with Crippen LogP contribution in [0.1, 0.15) is 76.4 Å². The number of aliphatic hydroxyl groups excluding tert-OH is 1. The fourth-order valence-electron chi connectivity index (χ4n) is 4.47. The van der Waals surface area contributed by atoms with E-state index in [0.29, 0.717) is 24.2 Å². The molecule has 2 aliphatic carbocycles. The van der Waals surface area contributed by atoms with Gasteiger partial charge in [0.25, 0.3) is 0 Å². The van der Waals surface area contributed by atoms with Crippen molar-refractivity contribution in [3.63, 3.8) is 0 Å². The van der Waals surface area contributed by atoms with Crippen molar-refractivity contribution in [2.24, 2.45) is 5.41 Å². The zero-order chi connectivity index (χ0) is 19.1. The zero-order valence-corrected chi connectivity index (χ0v) is 16.4. The molecule has 27 heavy (non-hydrogen) atoms. The zero-order valence-electron chi connectivity index (χ0n) is 16.4. The van der Waals surface area contributed by atoms with Gasteiger partial charge in [0, 0.05) is 0 Å². The van der Waals surface area contributed by atoms with Gasteiger partial charge < -0.3 is 14.6 Å². The van der Waals surface area contributed by atoms with Crippen molar-refractivity contribution in [3.05, 3.63) is 41.5 Å². The summed E-state index contributed by atoms with van der Waals surface area (Å²) in [7, 11) is 0. The normalized spacial score (nSPS) is 20.0. The van der Waals surface area contributed by atoms with Crippen LogP contribution in [0.25, 0.3) is 0 Å². The monoisotopic (exact) mass is 372 g/mol. The van der Waals surface area contributed by atoms with Gasteiger partial charge >= 0.3 is 5.97 Å². The van der Waals surface area contributed by atoms with Crippen LogP contribution in [0.4, 0.5) is 0 Å². The molecule has 4 nitrogen and oxygen atoms in total. The molecule has 0 aliphatic heterocycles. The molecule has 0 saturated heterocycles. The minimum atomic E-state index is -0.842. The average Bonchev–Trinajstić information content (AvgIpc) is 2.67. The van der Waals surface area contributed by atoms with Crippen LogP contribution in [0.2, 0.25) is 0 Å². The average molecular weight is 373 g/mol. The lowest BCUT2D eigenvalue weighted by Gasteiger charge is -2.38. The molecule has 148 valence electrons. The van der Waals surface area contributed by atoms with Crippen LogP contribution in [-0.4, -0.2) is 24.3 Å². The molecule has 1 aromatic rings. The van der Waals surface area contributed by atoms with E-state index in [2.05, 4.69) is 6.08 Å².